The van der Waals surface area contributed by atoms with E-state index in [0.29, 0.717) is 17.0 Å². The molecule has 1 fully saturated rings. The zero-order valence-corrected chi connectivity index (χ0v) is 19.5. The standard InChI is InChI=1S/C24H27N3O4S/c1-5-26(6-2)19-12-9-17(20(14-19)31-4)13-21-23(29)27(24(30)32-21)15-22(28)25-18-10-7-16(3)8-11-18/h7-14H,5-6,15H2,1-4H3,(H,25,28)/b21-13+. The Morgan fingerprint density at radius 3 is 2.44 bits per heavy atom. The van der Waals surface area contributed by atoms with E-state index in [-0.39, 0.29) is 11.4 Å². The first-order valence-corrected chi connectivity index (χ1v) is 11.2. The molecule has 3 amide bonds. The molecular weight excluding hydrogens is 426 g/mol. The van der Waals surface area contributed by atoms with Gasteiger partial charge in [-0.1, -0.05) is 17.7 Å². The van der Waals surface area contributed by atoms with Crippen LogP contribution in [0.2, 0.25) is 0 Å². The van der Waals surface area contributed by atoms with Gasteiger partial charge in [0.15, 0.2) is 0 Å². The van der Waals surface area contributed by atoms with Crippen LogP contribution < -0.4 is 15.0 Å². The fourth-order valence-electron chi connectivity index (χ4n) is 3.36. The van der Waals surface area contributed by atoms with Crippen molar-refractivity contribution in [3.63, 3.8) is 0 Å². The van der Waals surface area contributed by atoms with E-state index in [1.165, 1.54) is 0 Å². The van der Waals surface area contributed by atoms with Crippen LogP contribution in [0.5, 0.6) is 5.75 Å². The SMILES string of the molecule is CCN(CC)c1ccc(/C=C2/SC(=O)N(CC(=O)Nc3ccc(C)cc3)C2=O)c(OC)c1. The maximum atomic E-state index is 12.8. The Hall–Kier alpha value is -3.26. The monoisotopic (exact) mass is 453 g/mol. The summed E-state index contributed by atoms with van der Waals surface area (Å²) in [4.78, 5) is 41.0. The summed E-state index contributed by atoms with van der Waals surface area (Å²) < 4.78 is 5.51. The Bertz CT molecular complexity index is 1050. The van der Waals surface area contributed by atoms with Gasteiger partial charge in [0.2, 0.25) is 5.91 Å². The zero-order chi connectivity index (χ0) is 23.3. The second kappa shape index (κ2) is 10.4. The molecule has 0 bridgehead atoms. The molecule has 1 heterocycles. The number of carbonyl (C=O) groups is 3. The van der Waals surface area contributed by atoms with E-state index in [4.69, 9.17) is 4.74 Å². The number of nitrogens with one attached hydrogen (secondary N) is 1. The van der Waals surface area contributed by atoms with Gasteiger partial charge in [0.05, 0.1) is 12.0 Å². The summed E-state index contributed by atoms with van der Waals surface area (Å²) in [6, 6.07) is 13.0. The van der Waals surface area contributed by atoms with Crippen molar-refractivity contribution in [1.82, 2.24) is 4.90 Å². The van der Waals surface area contributed by atoms with Gasteiger partial charge in [0.1, 0.15) is 12.3 Å². The summed E-state index contributed by atoms with van der Waals surface area (Å²) in [6.07, 6.45) is 1.63. The largest absolute Gasteiger partial charge is 0.496 e. The van der Waals surface area contributed by atoms with E-state index >= 15 is 0 Å². The molecule has 2 aromatic rings. The van der Waals surface area contributed by atoms with Crippen molar-refractivity contribution in [1.29, 1.82) is 0 Å². The van der Waals surface area contributed by atoms with E-state index in [2.05, 4.69) is 24.1 Å². The summed E-state index contributed by atoms with van der Waals surface area (Å²) in [5.41, 5.74) is 3.39. The molecule has 1 saturated heterocycles. The lowest BCUT2D eigenvalue weighted by Gasteiger charge is -2.22. The van der Waals surface area contributed by atoms with Gasteiger partial charge >= 0.3 is 0 Å². The van der Waals surface area contributed by atoms with Crippen LogP contribution in [0.25, 0.3) is 6.08 Å². The van der Waals surface area contributed by atoms with Gasteiger partial charge in [0.25, 0.3) is 11.1 Å². The number of aryl methyl sites for hydroxylation is 1. The number of nitrogens with zero attached hydrogens (tertiary/aromatic N) is 2. The number of hydrogen-bond acceptors (Lipinski definition) is 6. The Morgan fingerprint density at radius 2 is 1.81 bits per heavy atom. The zero-order valence-electron chi connectivity index (χ0n) is 18.7. The summed E-state index contributed by atoms with van der Waals surface area (Å²) in [7, 11) is 1.57. The molecule has 1 aliphatic rings. The van der Waals surface area contributed by atoms with Crippen molar-refractivity contribution in [2.75, 3.05) is 37.0 Å². The van der Waals surface area contributed by atoms with E-state index < -0.39 is 17.1 Å². The van der Waals surface area contributed by atoms with Crippen molar-refractivity contribution in [3.8, 4) is 5.75 Å². The molecular formula is C24H27N3O4S. The Kier molecular flexibility index (Phi) is 7.58. The van der Waals surface area contributed by atoms with E-state index in [9.17, 15) is 14.4 Å². The van der Waals surface area contributed by atoms with E-state index in [0.717, 1.165) is 41.0 Å². The third-order valence-corrected chi connectivity index (χ3v) is 6.05. The summed E-state index contributed by atoms with van der Waals surface area (Å²) in [5, 5.41) is 2.24. The second-order valence-electron chi connectivity index (χ2n) is 7.28. The highest BCUT2D eigenvalue weighted by molar-refractivity contribution is 8.18. The number of rotatable bonds is 8. The molecule has 0 unspecified atom stereocenters. The molecule has 3 rings (SSSR count). The van der Waals surface area contributed by atoms with Crippen molar-refractivity contribution in [3.05, 3.63) is 58.5 Å². The van der Waals surface area contributed by atoms with Gasteiger partial charge < -0.3 is 15.0 Å². The average molecular weight is 454 g/mol. The lowest BCUT2D eigenvalue weighted by atomic mass is 10.1. The van der Waals surface area contributed by atoms with Crippen LogP contribution >= 0.6 is 11.8 Å². The van der Waals surface area contributed by atoms with Crippen LogP contribution in [0, 0.1) is 6.92 Å². The summed E-state index contributed by atoms with van der Waals surface area (Å²) in [6.45, 7) is 7.49. The molecule has 0 saturated carbocycles. The van der Waals surface area contributed by atoms with Gasteiger partial charge in [-0.25, -0.2) is 0 Å². The molecule has 2 aromatic carbocycles. The Morgan fingerprint density at radius 1 is 1.12 bits per heavy atom. The predicted octanol–water partition coefficient (Wildman–Crippen LogP) is 4.52. The lowest BCUT2D eigenvalue weighted by Crippen LogP contribution is -2.36. The van der Waals surface area contributed by atoms with Gasteiger partial charge in [-0.2, -0.15) is 0 Å². The molecule has 0 aromatic heterocycles. The first-order valence-electron chi connectivity index (χ1n) is 10.4. The topological polar surface area (TPSA) is 79.0 Å². The molecule has 0 radical (unpaired) electrons. The Labute approximate surface area is 192 Å². The number of hydrogen-bond donors (Lipinski definition) is 1. The maximum Gasteiger partial charge on any atom is 0.294 e. The smallest absolute Gasteiger partial charge is 0.294 e. The minimum Gasteiger partial charge on any atom is -0.496 e. The number of carbonyl (C=O) groups excluding carboxylic acids is 3. The van der Waals surface area contributed by atoms with Crippen LogP contribution in [-0.4, -0.2) is 48.7 Å². The van der Waals surface area contributed by atoms with Crippen molar-refractivity contribution in [2.24, 2.45) is 0 Å². The van der Waals surface area contributed by atoms with Crippen molar-refractivity contribution in [2.45, 2.75) is 20.8 Å². The molecule has 1 N–H and O–H groups in total. The van der Waals surface area contributed by atoms with Crippen LogP contribution in [0.4, 0.5) is 16.2 Å². The van der Waals surface area contributed by atoms with Crippen LogP contribution in [0.3, 0.4) is 0 Å². The minimum absolute atomic E-state index is 0.257. The molecule has 0 spiro atoms. The quantitative estimate of drug-likeness (QED) is 0.592. The molecule has 1 aliphatic heterocycles. The minimum atomic E-state index is -0.492. The molecule has 0 atom stereocenters. The van der Waals surface area contributed by atoms with E-state index in [1.807, 2.05) is 37.3 Å². The molecule has 8 heteroatoms. The fraction of sp³-hybridized carbons (Fsp3) is 0.292. The third kappa shape index (κ3) is 5.31. The Balaban J connectivity index is 1.74. The van der Waals surface area contributed by atoms with Crippen molar-refractivity contribution >= 4 is 46.3 Å². The summed E-state index contributed by atoms with van der Waals surface area (Å²) in [5.74, 6) is -0.314. The number of methoxy groups -OCH3 is 1. The molecule has 32 heavy (non-hydrogen) atoms. The molecule has 0 aliphatic carbocycles. The maximum absolute atomic E-state index is 12.8. The molecule has 168 valence electrons. The normalized spacial score (nSPS) is 14.8. The predicted molar refractivity (Wildman–Crippen MR) is 129 cm³/mol. The van der Waals surface area contributed by atoms with Crippen LogP contribution in [0.1, 0.15) is 25.0 Å². The highest BCUT2D eigenvalue weighted by atomic mass is 32.2. The number of anilines is 2. The first-order chi connectivity index (χ1) is 15.4. The second-order valence-corrected chi connectivity index (χ2v) is 8.27. The fourth-order valence-corrected chi connectivity index (χ4v) is 4.19. The molecule has 7 nitrogen and oxygen atoms in total. The number of ether oxygens (including phenoxy) is 1. The number of imide groups is 1. The lowest BCUT2D eigenvalue weighted by molar-refractivity contribution is -0.127. The highest BCUT2D eigenvalue weighted by Crippen LogP contribution is 2.35. The third-order valence-electron chi connectivity index (χ3n) is 5.14. The summed E-state index contributed by atoms with van der Waals surface area (Å²) >= 11 is 0.818. The first kappa shape index (κ1) is 23.4. The van der Waals surface area contributed by atoms with E-state index in [1.54, 1.807) is 25.3 Å². The van der Waals surface area contributed by atoms with Gasteiger partial charge in [-0.15, -0.1) is 0 Å². The van der Waals surface area contributed by atoms with Crippen molar-refractivity contribution < 1.29 is 19.1 Å². The number of amides is 3. The highest BCUT2D eigenvalue weighted by Gasteiger charge is 2.36. The number of benzene rings is 2. The van der Waals surface area contributed by atoms with Crippen LogP contribution in [-0.2, 0) is 9.59 Å². The van der Waals surface area contributed by atoms with Gasteiger partial charge in [0, 0.05) is 36.1 Å². The van der Waals surface area contributed by atoms with Gasteiger partial charge in [-0.3, -0.25) is 19.3 Å². The van der Waals surface area contributed by atoms with Gasteiger partial charge in [-0.05, 0) is 62.9 Å². The van der Waals surface area contributed by atoms with Crippen LogP contribution in [0.15, 0.2) is 47.4 Å². The number of thioether (sulfide) groups is 1. The average Bonchev–Trinajstić information content (AvgIpc) is 3.04.